The first kappa shape index (κ1) is 14.5. The minimum Gasteiger partial charge on any atom is -0.493 e. The van der Waals surface area contributed by atoms with Crippen LogP contribution in [0.15, 0.2) is 34.9 Å². The summed E-state index contributed by atoms with van der Waals surface area (Å²) in [7, 11) is 0. The fourth-order valence-electron chi connectivity index (χ4n) is 1.61. The van der Waals surface area contributed by atoms with Gasteiger partial charge in [0.05, 0.1) is 25.7 Å². The number of rotatable bonds is 8. The van der Waals surface area contributed by atoms with Gasteiger partial charge in [-0.2, -0.15) is 4.98 Å². The molecule has 6 nitrogen and oxygen atoms in total. The van der Waals surface area contributed by atoms with Crippen LogP contribution in [0.3, 0.4) is 0 Å². The Labute approximate surface area is 117 Å². The number of ether oxygens (including phenoxy) is 2. The van der Waals surface area contributed by atoms with Crippen molar-refractivity contribution in [1.82, 2.24) is 10.1 Å². The Kier molecular flexibility index (Phi) is 5.52. The SMILES string of the molecule is CCOCC(N)c1noc(CCOc2ccccc2)n1. The summed E-state index contributed by atoms with van der Waals surface area (Å²) in [6.07, 6.45) is 0.545. The van der Waals surface area contributed by atoms with Gasteiger partial charge in [-0.3, -0.25) is 0 Å². The Balaban J connectivity index is 1.78. The molecule has 0 amide bonds. The number of para-hydroxylation sites is 1. The summed E-state index contributed by atoms with van der Waals surface area (Å²) in [6, 6.07) is 9.23. The molecule has 1 aromatic heterocycles. The monoisotopic (exact) mass is 277 g/mol. The van der Waals surface area contributed by atoms with E-state index in [2.05, 4.69) is 10.1 Å². The first-order valence-electron chi connectivity index (χ1n) is 6.63. The van der Waals surface area contributed by atoms with Crippen LogP contribution < -0.4 is 10.5 Å². The molecular formula is C14H19N3O3. The second kappa shape index (κ2) is 7.62. The molecule has 0 aliphatic rings. The summed E-state index contributed by atoms with van der Waals surface area (Å²) in [5.41, 5.74) is 5.87. The number of aromatic nitrogens is 2. The molecule has 1 aromatic carbocycles. The lowest BCUT2D eigenvalue weighted by atomic mass is 10.3. The van der Waals surface area contributed by atoms with E-state index in [0.29, 0.717) is 38.0 Å². The zero-order valence-corrected chi connectivity index (χ0v) is 11.5. The third-order valence-electron chi connectivity index (χ3n) is 2.64. The first-order valence-corrected chi connectivity index (χ1v) is 6.63. The molecule has 0 aliphatic carbocycles. The van der Waals surface area contributed by atoms with E-state index in [4.69, 9.17) is 19.7 Å². The molecule has 2 rings (SSSR count). The molecule has 1 atom stereocenters. The Bertz CT molecular complexity index is 501. The molecule has 1 heterocycles. The normalized spacial score (nSPS) is 12.3. The van der Waals surface area contributed by atoms with Crippen molar-refractivity contribution in [3.63, 3.8) is 0 Å². The van der Waals surface area contributed by atoms with Crippen molar-refractivity contribution in [3.8, 4) is 5.75 Å². The summed E-state index contributed by atoms with van der Waals surface area (Å²) in [4.78, 5) is 4.23. The van der Waals surface area contributed by atoms with Crippen molar-refractivity contribution in [2.75, 3.05) is 19.8 Å². The predicted molar refractivity (Wildman–Crippen MR) is 73.4 cm³/mol. The molecule has 0 fully saturated rings. The molecule has 2 N–H and O–H groups in total. The predicted octanol–water partition coefficient (Wildman–Crippen LogP) is 1.73. The van der Waals surface area contributed by atoms with Crippen LogP contribution in [0.25, 0.3) is 0 Å². The number of nitrogens with two attached hydrogens (primary N) is 1. The summed E-state index contributed by atoms with van der Waals surface area (Å²) < 4.78 is 15.9. The van der Waals surface area contributed by atoms with Crippen LogP contribution in [0.2, 0.25) is 0 Å². The zero-order chi connectivity index (χ0) is 14.2. The molecule has 6 heteroatoms. The van der Waals surface area contributed by atoms with Gasteiger partial charge in [-0.15, -0.1) is 0 Å². The molecular weight excluding hydrogens is 258 g/mol. The highest BCUT2D eigenvalue weighted by Gasteiger charge is 2.14. The van der Waals surface area contributed by atoms with Gasteiger partial charge in [0.2, 0.25) is 5.89 Å². The standard InChI is InChI=1S/C14H19N3O3/c1-2-18-10-12(15)14-16-13(20-17-14)8-9-19-11-6-4-3-5-7-11/h3-7,12H,2,8-10,15H2,1H3. The summed E-state index contributed by atoms with van der Waals surface area (Å²) in [5.74, 6) is 1.80. The molecule has 0 radical (unpaired) electrons. The lowest BCUT2D eigenvalue weighted by Gasteiger charge is -2.05. The van der Waals surface area contributed by atoms with Crippen LogP contribution in [0.5, 0.6) is 5.75 Å². The average Bonchev–Trinajstić information content (AvgIpc) is 2.95. The van der Waals surface area contributed by atoms with Crippen LogP contribution in [0.4, 0.5) is 0 Å². The number of hydrogen-bond donors (Lipinski definition) is 1. The third kappa shape index (κ3) is 4.32. The van der Waals surface area contributed by atoms with Crippen LogP contribution in [0, 0.1) is 0 Å². The summed E-state index contributed by atoms with van der Waals surface area (Å²) in [6.45, 7) is 3.39. The molecule has 0 spiro atoms. The van der Waals surface area contributed by atoms with Crippen molar-refractivity contribution >= 4 is 0 Å². The highest BCUT2D eigenvalue weighted by atomic mass is 16.5. The lowest BCUT2D eigenvalue weighted by molar-refractivity contribution is 0.130. The molecule has 0 saturated heterocycles. The minimum atomic E-state index is -0.359. The van der Waals surface area contributed by atoms with Gasteiger partial charge >= 0.3 is 0 Å². The number of nitrogens with zero attached hydrogens (tertiary/aromatic N) is 2. The highest BCUT2D eigenvalue weighted by molar-refractivity contribution is 5.20. The second-order valence-corrected chi connectivity index (χ2v) is 4.22. The van der Waals surface area contributed by atoms with Gasteiger partial charge < -0.3 is 19.7 Å². The molecule has 20 heavy (non-hydrogen) atoms. The quantitative estimate of drug-likeness (QED) is 0.791. The maximum atomic E-state index is 5.87. The van der Waals surface area contributed by atoms with Crippen molar-refractivity contribution < 1.29 is 14.0 Å². The fraction of sp³-hybridized carbons (Fsp3) is 0.429. The van der Waals surface area contributed by atoms with Gasteiger partial charge in [-0.25, -0.2) is 0 Å². The van der Waals surface area contributed by atoms with E-state index in [9.17, 15) is 0 Å². The molecule has 0 saturated carbocycles. The van der Waals surface area contributed by atoms with Gasteiger partial charge in [0, 0.05) is 6.61 Å². The van der Waals surface area contributed by atoms with Gasteiger partial charge in [0.1, 0.15) is 5.75 Å². The number of hydrogen-bond acceptors (Lipinski definition) is 6. The summed E-state index contributed by atoms with van der Waals surface area (Å²) in [5, 5.41) is 3.85. The zero-order valence-electron chi connectivity index (χ0n) is 11.5. The Morgan fingerprint density at radius 3 is 2.85 bits per heavy atom. The lowest BCUT2D eigenvalue weighted by Crippen LogP contribution is -2.18. The van der Waals surface area contributed by atoms with E-state index in [1.807, 2.05) is 37.3 Å². The van der Waals surface area contributed by atoms with Gasteiger partial charge in [-0.05, 0) is 19.1 Å². The van der Waals surface area contributed by atoms with E-state index < -0.39 is 0 Å². The van der Waals surface area contributed by atoms with E-state index in [0.717, 1.165) is 5.75 Å². The Hall–Kier alpha value is -1.92. The third-order valence-corrected chi connectivity index (χ3v) is 2.64. The van der Waals surface area contributed by atoms with Gasteiger partial charge in [0.25, 0.3) is 0 Å². The van der Waals surface area contributed by atoms with E-state index in [-0.39, 0.29) is 6.04 Å². The van der Waals surface area contributed by atoms with Crippen molar-refractivity contribution in [2.45, 2.75) is 19.4 Å². The van der Waals surface area contributed by atoms with Crippen LogP contribution in [-0.4, -0.2) is 30.0 Å². The van der Waals surface area contributed by atoms with Crippen LogP contribution in [0.1, 0.15) is 24.7 Å². The van der Waals surface area contributed by atoms with Gasteiger partial charge in [-0.1, -0.05) is 23.4 Å². The van der Waals surface area contributed by atoms with Crippen LogP contribution in [-0.2, 0) is 11.2 Å². The minimum absolute atomic E-state index is 0.359. The van der Waals surface area contributed by atoms with Crippen molar-refractivity contribution in [1.29, 1.82) is 0 Å². The van der Waals surface area contributed by atoms with Gasteiger partial charge in [0.15, 0.2) is 5.82 Å². The Morgan fingerprint density at radius 1 is 1.30 bits per heavy atom. The topological polar surface area (TPSA) is 83.4 Å². The average molecular weight is 277 g/mol. The molecule has 2 aromatic rings. The van der Waals surface area contributed by atoms with E-state index in [1.165, 1.54) is 0 Å². The van der Waals surface area contributed by atoms with E-state index >= 15 is 0 Å². The summed E-state index contributed by atoms with van der Waals surface area (Å²) >= 11 is 0. The second-order valence-electron chi connectivity index (χ2n) is 4.22. The fourth-order valence-corrected chi connectivity index (χ4v) is 1.61. The van der Waals surface area contributed by atoms with Crippen molar-refractivity contribution in [2.24, 2.45) is 5.73 Å². The highest BCUT2D eigenvalue weighted by Crippen LogP contribution is 2.10. The number of benzene rings is 1. The van der Waals surface area contributed by atoms with Crippen LogP contribution >= 0.6 is 0 Å². The smallest absolute Gasteiger partial charge is 0.230 e. The molecule has 108 valence electrons. The maximum Gasteiger partial charge on any atom is 0.230 e. The molecule has 0 aliphatic heterocycles. The Morgan fingerprint density at radius 2 is 2.10 bits per heavy atom. The molecule has 1 unspecified atom stereocenters. The molecule has 0 bridgehead atoms. The van der Waals surface area contributed by atoms with Crippen molar-refractivity contribution in [3.05, 3.63) is 42.0 Å². The largest absolute Gasteiger partial charge is 0.493 e. The van der Waals surface area contributed by atoms with E-state index in [1.54, 1.807) is 0 Å². The maximum absolute atomic E-state index is 5.87. The first-order chi connectivity index (χ1) is 9.79.